The van der Waals surface area contributed by atoms with Crippen LogP contribution in [0.25, 0.3) is 0 Å². The Hall–Kier alpha value is -2.64. The molecule has 0 unspecified atom stereocenters. The Morgan fingerprint density at radius 1 is 1.00 bits per heavy atom. The minimum absolute atomic E-state index is 0.110. The zero-order valence-electron chi connectivity index (χ0n) is 16.9. The van der Waals surface area contributed by atoms with E-state index in [1.807, 2.05) is 24.3 Å². The standard InChI is InChI=1S/C24H23BrN2O3S/c25-19-10-7-11-20(16-19)27(31(29,30)21-12-2-1-3-13-21)17-24(28)26-23-15-6-9-18-8-4-5-14-22(18)23/h1-5,7-8,10-14,16,23H,6,9,15,17H2,(H,26,28)/t23-/m1/s1. The summed E-state index contributed by atoms with van der Waals surface area (Å²) in [5, 5.41) is 3.06. The molecule has 0 aromatic heterocycles. The Labute approximate surface area is 191 Å². The first-order valence-electron chi connectivity index (χ1n) is 10.2. The molecule has 1 atom stereocenters. The van der Waals surface area contributed by atoms with Gasteiger partial charge in [0.25, 0.3) is 10.0 Å². The molecule has 1 N–H and O–H groups in total. The molecule has 3 aromatic rings. The van der Waals surface area contributed by atoms with Crippen molar-refractivity contribution < 1.29 is 13.2 Å². The molecule has 0 fully saturated rings. The van der Waals surface area contributed by atoms with Crippen LogP contribution in [0.4, 0.5) is 5.69 Å². The van der Waals surface area contributed by atoms with Crippen molar-refractivity contribution in [3.8, 4) is 0 Å². The number of nitrogens with zero attached hydrogens (tertiary/aromatic N) is 1. The van der Waals surface area contributed by atoms with Gasteiger partial charge in [-0.15, -0.1) is 0 Å². The zero-order valence-corrected chi connectivity index (χ0v) is 19.3. The van der Waals surface area contributed by atoms with Crippen LogP contribution in [0.5, 0.6) is 0 Å². The highest BCUT2D eigenvalue weighted by Gasteiger charge is 2.29. The minimum atomic E-state index is -3.92. The third-order valence-electron chi connectivity index (χ3n) is 5.42. The number of nitrogens with one attached hydrogen (secondary N) is 1. The second-order valence-corrected chi connectivity index (χ2v) is 10.3. The minimum Gasteiger partial charge on any atom is -0.348 e. The molecule has 1 aliphatic rings. The Balaban J connectivity index is 1.62. The fourth-order valence-electron chi connectivity index (χ4n) is 3.94. The van der Waals surface area contributed by atoms with Gasteiger partial charge in [-0.3, -0.25) is 9.10 Å². The van der Waals surface area contributed by atoms with Gasteiger partial charge in [-0.05, 0) is 60.7 Å². The van der Waals surface area contributed by atoms with E-state index in [-0.39, 0.29) is 23.4 Å². The number of anilines is 1. The number of carbonyl (C=O) groups excluding carboxylic acids is 1. The van der Waals surface area contributed by atoms with Gasteiger partial charge < -0.3 is 5.32 Å². The number of benzene rings is 3. The Morgan fingerprint density at radius 2 is 1.74 bits per heavy atom. The predicted molar refractivity (Wildman–Crippen MR) is 125 cm³/mol. The lowest BCUT2D eigenvalue weighted by Gasteiger charge is -2.28. The van der Waals surface area contributed by atoms with Crippen molar-refractivity contribution in [2.45, 2.75) is 30.2 Å². The van der Waals surface area contributed by atoms with E-state index in [9.17, 15) is 13.2 Å². The lowest BCUT2D eigenvalue weighted by Crippen LogP contribution is -2.42. The third-order valence-corrected chi connectivity index (χ3v) is 7.70. The summed E-state index contributed by atoms with van der Waals surface area (Å²) in [5.41, 5.74) is 2.78. The molecular weight excluding hydrogens is 476 g/mol. The maximum atomic E-state index is 13.4. The number of carbonyl (C=O) groups is 1. The van der Waals surface area contributed by atoms with Crippen LogP contribution in [-0.2, 0) is 21.2 Å². The van der Waals surface area contributed by atoms with Crippen LogP contribution < -0.4 is 9.62 Å². The van der Waals surface area contributed by atoms with Crippen LogP contribution in [0.2, 0.25) is 0 Å². The van der Waals surface area contributed by atoms with Gasteiger partial charge in [0.15, 0.2) is 0 Å². The molecule has 3 aromatic carbocycles. The van der Waals surface area contributed by atoms with Gasteiger partial charge in [0.05, 0.1) is 16.6 Å². The summed E-state index contributed by atoms with van der Waals surface area (Å²) in [7, 11) is -3.92. The maximum Gasteiger partial charge on any atom is 0.264 e. The molecule has 31 heavy (non-hydrogen) atoms. The smallest absolute Gasteiger partial charge is 0.264 e. The van der Waals surface area contributed by atoms with Crippen molar-refractivity contribution in [3.63, 3.8) is 0 Å². The summed E-state index contributed by atoms with van der Waals surface area (Å²) < 4.78 is 28.7. The summed E-state index contributed by atoms with van der Waals surface area (Å²) in [6.45, 7) is -0.299. The average Bonchev–Trinajstić information content (AvgIpc) is 2.78. The molecule has 0 saturated carbocycles. The van der Waals surface area contributed by atoms with Crippen molar-refractivity contribution in [2.24, 2.45) is 0 Å². The molecular formula is C24H23BrN2O3S. The van der Waals surface area contributed by atoms with Crippen LogP contribution in [-0.4, -0.2) is 20.9 Å². The summed E-state index contributed by atoms with van der Waals surface area (Å²) in [4.78, 5) is 13.2. The number of sulfonamides is 1. The van der Waals surface area contributed by atoms with Crippen LogP contribution in [0.1, 0.15) is 30.0 Å². The fraction of sp³-hybridized carbons (Fsp3) is 0.208. The van der Waals surface area contributed by atoms with Crippen molar-refractivity contribution in [3.05, 3.63) is 94.5 Å². The molecule has 0 radical (unpaired) electrons. The van der Waals surface area contributed by atoms with Gasteiger partial charge in [-0.1, -0.05) is 64.5 Å². The SMILES string of the molecule is O=C(CN(c1cccc(Br)c1)S(=O)(=O)c1ccccc1)N[C@@H]1CCCc2ccccc21. The van der Waals surface area contributed by atoms with E-state index in [0.717, 1.165) is 33.6 Å². The summed E-state index contributed by atoms with van der Waals surface area (Å²) >= 11 is 3.40. The second-order valence-electron chi connectivity index (χ2n) is 7.52. The first kappa shape index (κ1) is 21.6. The highest BCUT2D eigenvalue weighted by atomic mass is 79.9. The van der Waals surface area contributed by atoms with Crippen molar-refractivity contribution >= 4 is 37.5 Å². The number of hydrogen-bond donors (Lipinski definition) is 1. The van der Waals surface area contributed by atoms with Crippen molar-refractivity contribution in [1.82, 2.24) is 5.32 Å². The van der Waals surface area contributed by atoms with E-state index in [2.05, 4.69) is 27.3 Å². The number of rotatable bonds is 6. The van der Waals surface area contributed by atoms with Gasteiger partial charge in [0, 0.05) is 4.47 Å². The summed E-state index contributed by atoms with van der Waals surface area (Å²) in [6.07, 6.45) is 2.82. The van der Waals surface area contributed by atoms with Crippen LogP contribution in [0.3, 0.4) is 0 Å². The molecule has 4 rings (SSSR count). The summed E-state index contributed by atoms with van der Waals surface area (Å²) in [5.74, 6) is -0.332. The number of hydrogen-bond acceptors (Lipinski definition) is 3. The highest BCUT2D eigenvalue weighted by Crippen LogP contribution is 2.30. The largest absolute Gasteiger partial charge is 0.348 e. The molecule has 7 heteroatoms. The van der Waals surface area contributed by atoms with E-state index in [0.29, 0.717) is 5.69 Å². The predicted octanol–water partition coefficient (Wildman–Crippen LogP) is 4.84. The maximum absolute atomic E-state index is 13.4. The number of amides is 1. The monoisotopic (exact) mass is 498 g/mol. The van der Waals surface area contributed by atoms with Crippen LogP contribution >= 0.6 is 15.9 Å². The third kappa shape index (κ3) is 4.83. The van der Waals surface area contributed by atoms with Gasteiger partial charge in [-0.25, -0.2) is 8.42 Å². The van der Waals surface area contributed by atoms with Gasteiger partial charge in [-0.2, -0.15) is 0 Å². The molecule has 5 nitrogen and oxygen atoms in total. The van der Waals surface area contributed by atoms with E-state index >= 15 is 0 Å². The molecule has 160 valence electrons. The molecule has 0 heterocycles. The molecule has 1 aliphatic carbocycles. The van der Waals surface area contributed by atoms with E-state index in [1.165, 1.54) is 17.7 Å². The van der Waals surface area contributed by atoms with Gasteiger partial charge in [0.2, 0.25) is 5.91 Å². The topological polar surface area (TPSA) is 66.5 Å². The molecule has 0 aliphatic heterocycles. The quantitative estimate of drug-likeness (QED) is 0.528. The first-order chi connectivity index (χ1) is 14.9. The second kappa shape index (κ2) is 9.24. The van der Waals surface area contributed by atoms with Gasteiger partial charge in [0.1, 0.15) is 6.54 Å². The molecule has 1 amide bonds. The molecule has 0 saturated heterocycles. The van der Waals surface area contributed by atoms with Crippen LogP contribution in [0, 0.1) is 0 Å². The lowest BCUT2D eigenvalue weighted by molar-refractivity contribution is -0.120. The van der Waals surface area contributed by atoms with Crippen molar-refractivity contribution in [1.29, 1.82) is 0 Å². The highest BCUT2D eigenvalue weighted by molar-refractivity contribution is 9.10. The molecule has 0 spiro atoms. The number of aryl methyl sites for hydroxylation is 1. The van der Waals surface area contributed by atoms with E-state index in [1.54, 1.807) is 36.4 Å². The fourth-order valence-corrected chi connectivity index (χ4v) is 5.76. The lowest BCUT2D eigenvalue weighted by atomic mass is 9.88. The normalized spacial score (nSPS) is 15.7. The Morgan fingerprint density at radius 3 is 2.52 bits per heavy atom. The Bertz CT molecular complexity index is 1180. The first-order valence-corrected chi connectivity index (χ1v) is 12.4. The number of fused-ring (bicyclic) bond motifs is 1. The summed E-state index contributed by atoms with van der Waals surface area (Å²) in [6, 6.07) is 23.1. The van der Waals surface area contributed by atoms with E-state index in [4.69, 9.17) is 0 Å². The van der Waals surface area contributed by atoms with Crippen molar-refractivity contribution in [2.75, 3.05) is 10.8 Å². The van der Waals surface area contributed by atoms with Gasteiger partial charge >= 0.3 is 0 Å². The number of halogens is 1. The van der Waals surface area contributed by atoms with E-state index < -0.39 is 10.0 Å². The Kier molecular flexibility index (Phi) is 6.43. The van der Waals surface area contributed by atoms with Crippen LogP contribution in [0.15, 0.2) is 88.2 Å². The zero-order chi connectivity index (χ0) is 21.8. The average molecular weight is 499 g/mol. The molecule has 0 bridgehead atoms.